The van der Waals surface area contributed by atoms with Crippen molar-refractivity contribution in [2.45, 2.75) is 43.2 Å². The number of nitrogens with zero attached hydrogens (tertiary/aromatic N) is 5. The monoisotopic (exact) mass is 452 g/mol. The molecule has 1 aliphatic rings. The van der Waals surface area contributed by atoms with Crippen molar-refractivity contribution in [1.82, 2.24) is 28.9 Å². The normalized spacial score (nSPS) is 18.6. The maximum absolute atomic E-state index is 13.4. The largest absolute Gasteiger partial charge is 0.351 e. The first-order valence-electron chi connectivity index (χ1n) is 10.8. The molecule has 166 valence electrons. The molecule has 1 N–H and O–H groups in total. The molecule has 0 aliphatic heterocycles. The molecule has 0 radical (unpaired) electrons. The van der Waals surface area contributed by atoms with Crippen LogP contribution >= 0.6 is 11.8 Å². The van der Waals surface area contributed by atoms with Gasteiger partial charge in [-0.15, -0.1) is 10.2 Å². The highest BCUT2D eigenvalue weighted by molar-refractivity contribution is 7.99. The van der Waals surface area contributed by atoms with Gasteiger partial charge in [0.1, 0.15) is 6.17 Å². The van der Waals surface area contributed by atoms with Gasteiger partial charge in [0.15, 0.2) is 11.0 Å². The fourth-order valence-corrected chi connectivity index (χ4v) is 5.04. The zero-order valence-electron chi connectivity index (χ0n) is 17.8. The lowest BCUT2D eigenvalue weighted by molar-refractivity contribution is 0.336. The van der Waals surface area contributed by atoms with E-state index in [1.54, 1.807) is 24.0 Å². The minimum atomic E-state index is -0.806. The number of aryl methyl sites for hydroxylation is 1. The highest BCUT2D eigenvalue weighted by atomic mass is 32.2. The number of alkyl halides is 1. The average molecular weight is 453 g/mol. The summed E-state index contributed by atoms with van der Waals surface area (Å²) in [7, 11) is 1.92. The second kappa shape index (κ2) is 8.82. The third-order valence-corrected chi connectivity index (χ3v) is 6.99. The predicted molar refractivity (Wildman–Crippen MR) is 125 cm³/mol. The Morgan fingerprint density at radius 1 is 1.22 bits per heavy atom. The Morgan fingerprint density at radius 3 is 2.94 bits per heavy atom. The van der Waals surface area contributed by atoms with Crippen LogP contribution < -0.4 is 5.56 Å². The van der Waals surface area contributed by atoms with E-state index in [1.165, 1.54) is 17.0 Å². The standard InChI is InChI=1S/C23H25FN6OS/c1-28-22(16-7-9-25-21(31)13-16)26-27-23(28)32-12-2-10-29-14-17-8-11-30(20(17)15-29)19-5-3-18(24)4-6-19/h3,5,7-9,11,13-15,18-19H,2,4,6,10,12H2,1H3,(H,25,31). The van der Waals surface area contributed by atoms with Crippen molar-refractivity contribution in [2.75, 3.05) is 5.75 Å². The van der Waals surface area contributed by atoms with Crippen LogP contribution in [0.1, 0.15) is 25.3 Å². The summed E-state index contributed by atoms with van der Waals surface area (Å²) < 4.78 is 19.8. The van der Waals surface area contributed by atoms with Crippen molar-refractivity contribution in [1.29, 1.82) is 0 Å². The van der Waals surface area contributed by atoms with Gasteiger partial charge in [0.05, 0.1) is 11.6 Å². The second-order valence-corrected chi connectivity index (χ2v) is 9.18. The quantitative estimate of drug-likeness (QED) is 0.257. The van der Waals surface area contributed by atoms with Crippen LogP contribution in [0.15, 0.2) is 65.1 Å². The Kier molecular flexibility index (Phi) is 5.73. The maximum atomic E-state index is 13.4. The molecular weight excluding hydrogens is 427 g/mol. The van der Waals surface area contributed by atoms with Gasteiger partial charge in [0.25, 0.3) is 0 Å². The third-order valence-electron chi connectivity index (χ3n) is 5.88. The highest BCUT2D eigenvalue weighted by Gasteiger charge is 2.18. The third kappa shape index (κ3) is 4.17. The average Bonchev–Trinajstić information content (AvgIpc) is 3.46. The lowest BCUT2D eigenvalue weighted by Crippen LogP contribution is -2.12. The first-order valence-corrected chi connectivity index (χ1v) is 11.8. The Morgan fingerprint density at radius 2 is 2.12 bits per heavy atom. The number of hydrogen-bond donors (Lipinski definition) is 1. The van der Waals surface area contributed by atoms with E-state index in [-0.39, 0.29) is 11.6 Å². The smallest absolute Gasteiger partial charge is 0.248 e. The molecule has 0 amide bonds. The lowest BCUT2D eigenvalue weighted by atomic mass is 10.0. The van der Waals surface area contributed by atoms with E-state index in [4.69, 9.17) is 0 Å². The molecule has 0 bridgehead atoms. The van der Waals surface area contributed by atoms with Crippen LogP contribution in [0.2, 0.25) is 0 Å². The number of H-pyrrole nitrogens is 1. The molecule has 0 saturated carbocycles. The van der Waals surface area contributed by atoms with E-state index in [1.807, 2.05) is 23.8 Å². The van der Waals surface area contributed by atoms with Gasteiger partial charge in [-0.3, -0.25) is 4.79 Å². The van der Waals surface area contributed by atoms with E-state index in [9.17, 15) is 9.18 Å². The topological polar surface area (TPSA) is 73.4 Å². The van der Waals surface area contributed by atoms with Crippen LogP contribution in [0.4, 0.5) is 4.39 Å². The van der Waals surface area contributed by atoms with Gasteiger partial charge in [0, 0.05) is 61.1 Å². The molecule has 4 heterocycles. The molecule has 32 heavy (non-hydrogen) atoms. The number of nitrogens with one attached hydrogen (secondary N) is 1. The minimum absolute atomic E-state index is 0.155. The minimum Gasteiger partial charge on any atom is -0.351 e. The Bertz CT molecular complexity index is 1320. The van der Waals surface area contributed by atoms with Crippen LogP contribution in [0.5, 0.6) is 0 Å². The number of thioether (sulfide) groups is 1. The van der Waals surface area contributed by atoms with E-state index >= 15 is 0 Å². The molecular formula is C23H25FN6OS. The fourth-order valence-electron chi connectivity index (χ4n) is 4.21. The fraction of sp³-hybridized carbons (Fsp3) is 0.348. The number of allylic oxidation sites excluding steroid dienone is 2. The molecule has 0 saturated heterocycles. The molecule has 9 heteroatoms. The molecule has 4 aromatic rings. The number of hydrogen-bond acceptors (Lipinski definition) is 4. The zero-order valence-corrected chi connectivity index (χ0v) is 18.6. The van der Waals surface area contributed by atoms with Crippen LogP contribution in [-0.2, 0) is 13.6 Å². The number of halogens is 1. The van der Waals surface area contributed by atoms with Gasteiger partial charge < -0.3 is 18.7 Å². The maximum Gasteiger partial charge on any atom is 0.248 e. The zero-order chi connectivity index (χ0) is 22.1. The lowest BCUT2D eigenvalue weighted by Gasteiger charge is -2.20. The SMILES string of the molecule is Cn1c(SCCCn2cc3ccn(C4C=CC(F)CC4)c3c2)nnc1-c1cc[nH]c(=O)c1. The molecule has 2 unspecified atom stereocenters. The van der Waals surface area contributed by atoms with E-state index in [2.05, 4.69) is 49.0 Å². The van der Waals surface area contributed by atoms with E-state index in [0.29, 0.717) is 12.2 Å². The van der Waals surface area contributed by atoms with Gasteiger partial charge in [-0.05, 0) is 31.4 Å². The Hall–Kier alpha value is -3.07. The second-order valence-electron chi connectivity index (χ2n) is 8.11. The van der Waals surface area contributed by atoms with Crippen molar-refractivity contribution < 1.29 is 4.39 Å². The summed E-state index contributed by atoms with van der Waals surface area (Å²) in [4.78, 5) is 14.2. The summed E-state index contributed by atoms with van der Waals surface area (Å²) in [5.41, 5.74) is 1.79. The summed E-state index contributed by atoms with van der Waals surface area (Å²) in [6.07, 6.45) is 13.4. The summed E-state index contributed by atoms with van der Waals surface area (Å²) in [5, 5.41) is 10.6. The van der Waals surface area contributed by atoms with Crippen molar-refractivity contribution >= 4 is 22.7 Å². The molecule has 0 fully saturated rings. The molecule has 1 aliphatic carbocycles. The van der Waals surface area contributed by atoms with Crippen molar-refractivity contribution in [2.24, 2.45) is 7.05 Å². The van der Waals surface area contributed by atoms with Crippen LogP contribution in [0.25, 0.3) is 22.3 Å². The van der Waals surface area contributed by atoms with Gasteiger partial charge >= 0.3 is 0 Å². The number of pyridine rings is 1. The molecule has 0 aromatic carbocycles. The highest BCUT2D eigenvalue weighted by Crippen LogP contribution is 2.29. The number of aromatic amines is 1. The molecule has 4 aromatic heterocycles. The number of rotatable bonds is 7. The van der Waals surface area contributed by atoms with Gasteiger partial charge in [-0.1, -0.05) is 23.9 Å². The molecule has 5 rings (SSSR count). The van der Waals surface area contributed by atoms with E-state index < -0.39 is 6.17 Å². The van der Waals surface area contributed by atoms with Crippen LogP contribution in [0.3, 0.4) is 0 Å². The Balaban J connectivity index is 1.19. The van der Waals surface area contributed by atoms with Gasteiger partial charge in [-0.25, -0.2) is 4.39 Å². The number of aromatic nitrogens is 6. The van der Waals surface area contributed by atoms with Crippen LogP contribution in [0, 0.1) is 0 Å². The summed E-state index contributed by atoms with van der Waals surface area (Å²) in [6, 6.07) is 5.71. The van der Waals surface area contributed by atoms with Crippen molar-refractivity contribution in [3.63, 3.8) is 0 Å². The van der Waals surface area contributed by atoms with Crippen LogP contribution in [-0.4, -0.2) is 40.8 Å². The molecule has 2 atom stereocenters. The molecule has 0 spiro atoms. The summed E-state index contributed by atoms with van der Waals surface area (Å²) in [6.45, 7) is 0.910. The first kappa shape index (κ1) is 20.8. The predicted octanol–water partition coefficient (Wildman–Crippen LogP) is 4.34. The van der Waals surface area contributed by atoms with E-state index in [0.717, 1.165) is 35.9 Å². The van der Waals surface area contributed by atoms with Gasteiger partial charge in [-0.2, -0.15) is 0 Å². The summed E-state index contributed by atoms with van der Waals surface area (Å²) >= 11 is 1.66. The first-order chi connectivity index (χ1) is 15.6. The van der Waals surface area contributed by atoms with Crippen molar-refractivity contribution in [3.05, 3.63) is 65.5 Å². The molecule has 7 nitrogen and oxygen atoms in total. The Labute approximate surface area is 189 Å². The summed E-state index contributed by atoms with van der Waals surface area (Å²) in [5.74, 6) is 1.59. The van der Waals surface area contributed by atoms with Crippen molar-refractivity contribution in [3.8, 4) is 11.4 Å². The van der Waals surface area contributed by atoms with Gasteiger partial charge in [0.2, 0.25) is 5.56 Å². The number of fused-ring (bicyclic) bond motifs is 1.